The standard InChI is InChI=1S/C18H24N4O3/c1-12-11-21(16-7-5-15(6-8-16)18(23)24-4)9-10-22(12)13(2)17-20-19-14(3)25-17/h5-8,12-13H,9-11H2,1-4H3/t12-,13+/m1/s1. The zero-order valence-corrected chi connectivity index (χ0v) is 15.1. The van der Waals surface area contributed by atoms with E-state index in [9.17, 15) is 4.79 Å². The first-order valence-corrected chi connectivity index (χ1v) is 8.48. The summed E-state index contributed by atoms with van der Waals surface area (Å²) in [7, 11) is 1.39. The van der Waals surface area contributed by atoms with E-state index in [4.69, 9.17) is 9.15 Å². The van der Waals surface area contributed by atoms with Crippen molar-refractivity contribution in [3.8, 4) is 0 Å². The largest absolute Gasteiger partial charge is 0.465 e. The summed E-state index contributed by atoms with van der Waals surface area (Å²) >= 11 is 0. The van der Waals surface area contributed by atoms with Crippen LogP contribution < -0.4 is 4.90 Å². The quantitative estimate of drug-likeness (QED) is 0.789. The number of nitrogens with zero attached hydrogens (tertiary/aromatic N) is 4. The van der Waals surface area contributed by atoms with Gasteiger partial charge in [-0.25, -0.2) is 4.79 Å². The lowest BCUT2D eigenvalue weighted by atomic mass is 10.1. The molecule has 1 aromatic heterocycles. The predicted octanol–water partition coefficient (Wildman–Crippen LogP) is 2.44. The zero-order valence-electron chi connectivity index (χ0n) is 15.1. The molecule has 0 saturated carbocycles. The van der Waals surface area contributed by atoms with Crippen LogP contribution in [0.3, 0.4) is 0 Å². The number of methoxy groups -OCH3 is 1. The molecule has 0 N–H and O–H groups in total. The molecule has 3 rings (SSSR count). The van der Waals surface area contributed by atoms with Gasteiger partial charge in [-0.15, -0.1) is 10.2 Å². The lowest BCUT2D eigenvalue weighted by Gasteiger charge is -2.42. The number of hydrogen-bond donors (Lipinski definition) is 0. The lowest BCUT2D eigenvalue weighted by molar-refractivity contribution is 0.0600. The maximum Gasteiger partial charge on any atom is 0.337 e. The van der Waals surface area contributed by atoms with Crippen LogP contribution in [0.4, 0.5) is 5.69 Å². The summed E-state index contributed by atoms with van der Waals surface area (Å²) in [6, 6.07) is 8.00. The van der Waals surface area contributed by atoms with Gasteiger partial charge in [-0.2, -0.15) is 0 Å². The van der Waals surface area contributed by atoms with Gasteiger partial charge in [0.2, 0.25) is 11.8 Å². The third kappa shape index (κ3) is 3.66. The van der Waals surface area contributed by atoms with Crippen molar-refractivity contribution in [2.75, 3.05) is 31.6 Å². The highest BCUT2D eigenvalue weighted by Gasteiger charge is 2.30. The molecule has 2 heterocycles. The molecule has 0 bridgehead atoms. The van der Waals surface area contributed by atoms with E-state index >= 15 is 0 Å². The molecule has 2 aromatic rings. The van der Waals surface area contributed by atoms with E-state index in [0.29, 0.717) is 23.4 Å². The topological polar surface area (TPSA) is 71.7 Å². The van der Waals surface area contributed by atoms with Crippen LogP contribution in [-0.2, 0) is 4.74 Å². The molecule has 0 aliphatic carbocycles. The number of aromatic nitrogens is 2. The first kappa shape index (κ1) is 17.4. The fraction of sp³-hybridized carbons (Fsp3) is 0.500. The number of esters is 1. The van der Waals surface area contributed by atoms with Crippen LogP contribution in [0.2, 0.25) is 0 Å². The average molecular weight is 344 g/mol. The highest BCUT2D eigenvalue weighted by Crippen LogP contribution is 2.26. The van der Waals surface area contributed by atoms with Crippen molar-refractivity contribution in [2.45, 2.75) is 32.9 Å². The summed E-state index contributed by atoms with van der Waals surface area (Å²) in [6.45, 7) is 8.82. The van der Waals surface area contributed by atoms with Crippen molar-refractivity contribution in [3.05, 3.63) is 41.6 Å². The Bertz CT molecular complexity index is 728. The molecule has 7 nitrogen and oxygen atoms in total. The molecule has 0 spiro atoms. The van der Waals surface area contributed by atoms with E-state index in [1.807, 2.05) is 31.2 Å². The maximum absolute atomic E-state index is 11.5. The Morgan fingerprint density at radius 1 is 1.28 bits per heavy atom. The van der Waals surface area contributed by atoms with Gasteiger partial charge < -0.3 is 14.1 Å². The molecule has 0 unspecified atom stereocenters. The minimum Gasteiger partial charge on any atom is -0.465 e. The van der Waals surface area contributed by atoms with E-state index in [2.05, 4.69) is 33.8 Å². The normalized spacial score (nSPS) is 19.7. The molecule has 1 fully saturated rings. The van der Waals surface area contributed by atoms with Crippen molar-refractivity contribution in [3.63, 3.8) is 0 Å². The van der Waals surface area contributed by atoms with Gasteiger partial charge in [-0.3, -0.25) is 4.90 Å². The minimum absolute atomic E-state index is 0.0973. The van der Waals surface area contributed by atoms with Gasteiger partial charge >= 0.3 is 5.97 Å². The van der Waals surface area contributed by atoms with E-state index in [-0.39, 0.29) is 12.0 Å². The second-order valence-electron chi connectivity index (χ2n) is 6.41. The summed E-state index contributed by atoms with van der Waals surface area (Å²) in [5.74, 6) is 0.951. The van der Waals surface area contributed by atoms with E-state index in [1.165, 1.54) is 7.11 Å². The Kier molecular flexibility index (Phi) is 5.03. The Morgan fingerprint density at radius 3 is 2.56 bits per heavy atom. The number of benzene rings is 1. The van der Waals surface area contributed by atoms with Crippen LogP contribution >= 0.6 is 0 Å². The number of ether oxygens (including phenoxy) is 1. The van der Waals surface area contributed by atoms with Gasteiger partial charge in [0.25, 0.3) is 0 Å². The third-order valence-corrected chi connectivity index (χ3v) is 4.73. The molecule has 0 amide bonds. The van der Waals surface area contributed by atoms with Gasteiger partial charge in [0.15, 0.2) is 0 Å². The van der Waals surface area contributed by atoms with Crippen LogP contribution in [0.1, 0.15) is 42.0 Å². The molecule has 1 aliphatic heterocycles. The van der Waals surface area contributed by atoms with Crippen molar-refractivity contribution < 1.29 is 13.9 Å². The Balaban J connectivity index is 1.66. The highest BCUT2D eigenvalue weighted by atomic mass is 16.5. The first-order valence-electron chi connectivity index (χ1n) is 8.48. The molecule has 2 atom stereocenters. The van der Waals surface area contributed by atoms with Crippen molar-refractivity contribution >= 4 is 11.7 Å². The summed E-state index contributed by atoms with van der Waals surface area (Å²) in [6.07, 6.45) is 0. The number of carbonyl (C=O) groups excluding carboxylic acids is 1. The van der Waals surface area contributed by atoms with Gasteiger partial charge in [0.1, 0.15) is 0 Å². The lowest BCUT2D eigenvalue weighted by Crippen LogP contribution is -2.52. The van der Waals surface area contributed by atoms with Crippen molar-refractivity contribution in [2.24, 2.45) is 0 Å². The summed E-state index contributed by atoms with van der Waals surface area (Å²) in [4.78, 5) is 16.3. The van der Waals surface area contributed by atoms with Gasteiger partial charge in [0.05, 0.1) is 18.7 Å². The minimum atomic E-state index is -0.312. The predicted molar refractivity (Wildman–Crippen MR) is 93.6 cm³/mol. The van der Waals surface area contributed by atoms with Gasteiger partial charge in [0, 0.05) is 38.3 Å². The van der Waals surface area contributed by atoms with Gasteiger partial charge in [-0.1, -0.05) is 0 Å². The van der Waals surface area contributed by atoms with Crippen LogP contribution in [0, 0.1) is 6.92 Å². The molecule has 1 aliphatic rings. The van der Waals surface area contributed by atoms with Crippen molar-refractivity contribution in [1.29, 1.82) is 0 Å². The molecule has 134 valence electrons. The fourth-order valence-corrected chi connectivity index (χ4v) is 3.33. The van der Waals surface area contributed by atoms with E-state index in [0.717, 1.165) is 25.3 Å². The molecule has 7 heteroatoms. The fourth-order valence-electron chi connectivity index (χ4n) is 3.33. The molecular weight excluding hydrogens is 320 g/mol. The molecule has 1 aromatic carbocycles. The number of hydrogen-bond acceptors (Lipinski definition) is 7. The second-order valence-corrected chi connectivity index (χ2v) is 6.41. The number of carbonyl (C=O) groups is 1. The Labute approximate surface area is 147 Å². The number of anilines is 1. The summed E-state index contributed by atoms with van der Waals surface area (Å²) in [5.41, 5.74) is 1.68. The number of aryl methyl sites for hydroxylation is 1. The first-order chi connectivity index (χ1) is 12.0. The van der Waals surface area contributed by atoms with Gasteiger partial charge in [-0.05, 0) is 38.1 Å². The monoisotopic (exact) mass is 344 g/mol. The van der Waals surface area contributed by atoms with Crippen LogP contribution in [-0.4, -0.2) is 53.9 Å². The third-order valence-electron chi connectivity index (χ3n) is 4.73. The van der Waals surface area contributed by atoms with E-state index in [1.54, 1.807) is 0 Å². The number of rotatable bonds is 4. The second kappa shape index (κ2) is 7.23. The number of piperazine rings is 1. The SMILES string of the molecule is COC(=O)c1ccc(N2CCN([C@@H](C)c3nnc(C)o3)[C@H](C)C2)cc1. The Morgan fingerprint density at radius 2 is 2.00 bits per heavy atom. The Hall–Kier alpha value is -2.41. The van der Waals surface area contributed by atoms with Crippen LogP contribution in [0.5, 0.6) is 0 Å². The zero-order chi connectivity index (χ0) is 18.0. The smallest absolute Gasteiger partial charge is 0.337 e. The highest BCUT2D eigenvalue weighted by molar-refractivity contribution is 5.89. The van der Waals surface area contributed by atoms with Crippen LogP contribution in [0.15, 0.2) is 28.7 Å². The maximum atomic E-state index is 11.5. The molecule has 25 heavy (non-hydrogen) atoms. The van der Waals surface area contributed by atoms with E-state index < -0.39 is 0 Å². The molecular formula is C18H24N4O3. The summed E-state index contributed by atoms with van der Waals surface area (Å²) < 4.78 is 10.3. The average Bonchev–Trinajstić information content (AvgIpc) is 3.07. The van der Waals surface area contributed by atoms with Crippen molar-refractivity contribution in [1.82, 2.24) is 15.1 Å². The van der Waals surface area contributed by atoms with Crippen LogP contribution in [0.25, 0.3) is 0 Å². The molecule has 1 saturated heterocycles. The molecule has 0 radical (unpaired) electrons. The summed E-state index contributed by atoms with van der Waals surface area (Å²) in [5, 5.41) is 8.08.